The second-order valence-electron chi connectivity index (χ2n) is 3.53. The average Bonchev–Trinajstić information content (AvgIpc) is 2.20. The highest BCUT2D eigenvalue weighted by atomic mass is 19.1. The molecule has 0 aliphatic rings. The van der Waals surface area contributed by atoms with Crippen LogP contribution in [0.2, 0.25) is 0 Å². The predicted molar refractivity (Wildman–Crippen MR) is 59.8 cm³/mol. The summed E-state index contributed by atoms with van der Waals surface area (Å²) >= 11 is 0. The Kier molecular flexibility index (Phi) is 4.28. The normalized spacial score (nSPS) is 10.1. The zero-order valence-corrected chi connectivity index (χ0v) is 9.14. The third kappa shape index (κ3) is 3.35. The van der Waals surface area contributed by atoms with E-state index in [0.29, 0.717) is 11.3 Å². The highest BCUT2D eigenvalue weighted by Gasteiger charge is 2.05. The van der Waals surface area contributed by atoms with Crippen molar-refractivity contribution in [1.29, 1.82) is 0 Å². The lowest BCUT2D eigenvalue weighted by Gasteiger charge is -2.07. The van der Waals surface area contributed by atoms with Gasteiger partial charge in [0.05, 0.1) is 5.69 Å². The monoisotopic (exact) mass is 209 g/mol. The summed E-state index contributed by atoms with van der Waals surface area (Å²) in [6.07, 6.45) is 2.08. The van der Waals surface area contributed by atoms with Crippen LogP contribution in [0.4, 0.5) is 10.1 Å². The number of nitrogens with one attached hydrogen (secondary N) is 1. The Balaban J connectivity index is 2.70. The first-order valence-electron chi connectivity index (χ1n) is 5.19. The molecule has 3 heteroatoms. The lowest BCUT2D eigenvalue weighted by Crippen LogP contribution is -2.04. The lowest BCUT2D eigenvalue weighted by molar-refractivity contribution is 0.101. The maximum absolute atomic E-state index is 13.4. The van der Waals surface area contributed by atoms with Crippen LogP contribution in [-0.2, 0) is 0 Å². The van der Waals surface area contributed by atoms with Crippen LogP contribution in [-0.4, -0.2) is 12.3 Å². The largest absolute Gasteiger partial charge is 0.383 e. The number of carbonyl (C=O) groups is 1. The van der Waals surface area contributed by atoms with Crippen LogP contribution in [0, 0.1) is 5.82 Å². The molecule has 82 valence electrons. The molecule has 0 unspecified atom stereocenters. The van der Waals surface area contributed by atoms with Crippen molar-refractivity contribution in [2.45, 2.75) is 26.7 Å². The maximum atomic E-state index is 13.4. The second kappa shape index (κ2) is 5.49. The first-order chi connectivity index (χ1) is 7.15. The van der Waals surface area contributed by atoms with Crippen molar-refractivity contribution in [3.63, 3.8) is 0 Å². The number of benzene rings is 1. The Hall–Kier alpha value is -1.38. The van der Waals surface area contributed by atoms with Gasteiger partial charge >= 0.3 is 0 Å². The number of anilines is 1. The fourth-order valence-corrected chi connectivity index (χ4v) is 1.28. The van der Waals surface area contributed by atoms with Crippen molar-refractivity contribution in [2.24, 2.45) is 0 Å². The van der Waals surface area contributed by atoms with Crippen molar-refractivity contribution in [3.05, 3.63) is 29.6 Å². The van der Waals surface area contributed by atoms with Crippen LogP contribution in [0.3, 0.4) is 0 Å². The summed E-state index contributed by atoms with van der Waals surface area (Å²) in [5.74, 6) is -0.479. The third-order valence-electron chi connectivity index (χ3n) is 2.22. The van der Waals surface area contributed by atoms with E-state index in [4.69, 9.17) is 0 Å². The van der Waals surface area contributed by atoms with Crippen molar-refractivity contribution < 1.29 is 9.18 Å². The van der Waals surface area contributed by atoms with Gasteiger partial charge in [-0.2, -0.15) is 0 Å². The molecule has 1 aromatic rings. The molecular weight excluding hydrogens is 193 g/mol. The van der Waals surface area contributed by atoms with E-state index in [1.165, 1.54) is 13.0 Å². The molecule has 0 radical (unpaired) electrons. The number of hydrogen-bond donors (Lipinski definition) is 1. The first kappa shape index (κ1) is 11.7. The number of unbranched alkanes of at least 4 members (excludes halogenated alkanes) is 1. The van der Waals surface area contributed by atoms with E-state index in [9.17, 15) is 9.18 Å². The van der Waals surface area contributed by atoms with E-state index in [2.05, 4.69) is 12.2 Å². The first-order valence-corrected chi connectivity index (χ1v) is 5.19. The van der Waals surface area contributed by atoms with Crippen LogP contribution in [0.1, 0.15) is 37.0 Å². The van der Waals surface area contributed by atoms with Gasteiger partial charge in [0.2, 0.25) is 0 Å². The second-order valence-corrected chi connectivity index (χ2v) is 3.53. The van der Waals surface area contributed by atoms with Crippen LogP contribution < -0.4 is 5.32 Å². The fourth-order valence-electron chi connectivity index (χ4n) is 1.28. The molecule has 0 amide bonds. The van der Waals surface area contributed by atoms with E-state index in [1.807, 2.05) is 0 Å². The van der Waals surface area contributed by atoms with Gasteiger partial charge in [0.15, 0.2) is 5.78 Å². The zero-order valence-electron chi connectivity index (χ0n) is 9.14. The van der Waals surface area contributed by atoms with E-state index < -0.39 is 0 Å². The van der Waals surface area contributed by atoms with Gasteiger partial charge in [0.25, 0.3) is 0 Å². The summed E-state index contributed by atoms with van der Waals surface area (Å²) < 4.78 is 13.4. The molecule has 1 rings (SSSR count). The van der Waals surface area contributed by atoms with Crippen molar-refractivity contribution in [3.8, 4) is 0 Å². The van der Waals surface area contributed by atoms with E-state index in [1.54, 1.807) is 12.1 Å². The Bertz CT molecular complexity index is 349. The molecule has 0 aliphatic carbocycles. The molecule has 0 heterocycles. The minimum absolute atomic E-state index is 0.117. The lowest BCUT2D eigenvalue weighted by atomic mass is 10.1. The Morgan fingerprint density at radius 1 is 1.47 bits per heavy atom. The summed E-state index contributed by atoms with van der Waals surface area (Å²) in [5.41, 5.74) is 0.877. The molecule has 0 saturated carbocycles. The molecule has 1 N–H and O–H groups in total. The van der Waals surface area contributed by atoms with Crippen molar-refractivity contribution in [1.82, 2.24) is 0 Å². The molecule has 0 bridgehead atoms. The molecule has 1 aromatic carbocycles. The summed E-state index contributed by atoms with van der Waals surface area (Å²) in [4.78, 5) is 11.0. The van der Waals surface area contributed by atoms with Crippen molar-refractivity contribution >= 4 is 11.5 Å². The molecule has 2 nitrogen and oxygen atoms in total. The molecule has 0 spiro atoms. The maximum Gasteiger partial charge on any atom is 0.159 e. The Labute approximate surface area is 89.5 Å². The quantitative estimate of drug-likeness (QED) is 0.595. The van der Waals surface area contributed by atoms with Crippen LogP contribution in [0.5, 0.6) is 0 Å². The molecule has 0 aromatic heterocycles. The van der Waals surface area contributed by atoms with Crippen LogP contribution in [0.25, 0.3) is 0 Å². The third-order valence-corrected chi connectivity index (χ3v) is 2.22. The number of ketones is 1. The van der Waals surface area contributed by atoms with E-state index in [-0.39, 0.29) is 11.6 Å². The molecular formula is C12H16FNO. The number of halogens is 1. The molecule has 0 aliphatic heterocycles. The molecule has 0 atom stereocenters. The van der Waals surface area contributed by atoms with Gasteiger partial charge in [-0.3, -0.25) is 4.79 Å². The van der Waals surface area contributed by atoms with Crippen molar-refractivity contribution in [2.75, 3.05) is 11.9 Å². The summed E-state index contributed by atoms with van der Waals surface area (Å²) in [6, 6.07) is 4.53. The van der Waals surface area contributed by atoms with Gasteiger partial charge < -0.3 is 5.32 Å². The fraction of sp³-hybridized carbons (Fsp3) is 0.417. The summed E-state index contributed by atoms with van der Waals surface area (Å²) in [7, 11) is 0. The van der Waals surface area contributed by atoms with Crippen LogP contribution >= 0.6 is 0 Å². The topological polar surface area (TPSA) is 29.1 Å². The molecule has 0 saturated heterocycles. The Morgan fingerprint density at radius 3 is 2.73 bits per heavy atom. The van der Waals surface area contributed by atoms with Gasteiger partial charge in [0, 0.05) is 12.1 Å². The standard InChI is InChI=1S/C12H16FNO/c1-3-4-7-14-12-6-5-10(9(2)15)8-11(12)13/h5-6,8,14H,3-4,7H2,1-2H3. The van der Waals surface area contributed by atoms with E-state index >= 15 is 0 Å². The van der Waals surface area contributed by atoms with Gasteiger partial charge in [-0.1, -0.05) is 13.3 Å². The minimum Gasteiger partial charge on any atom is -0.383 e. The molecule has 15 heavy (non-hydrogen) atoms. The summed E-state index contributed by atoms with van der Waals surface area (Å²) in [5, 5.41) is 2.99. The SMILES string of the molecule is CCCCNc1ccc(C(C)=O)cc1F. The van der Waals surface area contributed by atoms with Gasteiger partial charge in [-0.05, 0) is 31.5 Å². The number of rotatable bonds is 5. The van der Waals surface area contributed by atoms with Gasteiger partial charge in [-0.15, -0.1) is 0 Å². The predicted octanol–water partition coefficient (Wildman–Crippen LogP) is 3.24. The smallest absolute Gasteiger partial charge is 0.159 e. The van der Waals surface area contributed by atoms with Gasteiger partial charge in [0.1, 0.15) is 5.82 Å². The number of Topliss-reactive ketones (excluding diaryl/α,β-unsaturated/α-hetero) is 1. The Morgan fingerprint density at radius 2 is 2.20 bits per heavy atom. The zero-order chi connectivity index (χ0) is 11.3. The summed E-state index contributed by atoms with van der Waals surface area (Å²) in [6.45, 7) is 4.27. The number of carbonyl (C=O) groups excluding carboxylic acids is 1. The van der Waals surface area contributed by atoms with E-state index in [0.717, 1.165) is 19.4 Å². The van der Waals surface area contributed by atoms with Gasteiger partial charge in [-0.25, -0.2) is 4.39 Å². The number of hydrogen-bond acceptors (Lipinski definition) is 2. The molecule has 0 fully saturated rings. The minimum atomic E-state index is -0.362. The highest BCUT2D eigenvalue weighted by molar-refractivity contribution is 5.94. The highest BCUT2D eigenvalue weighted by Crippen LogP contribution is 2.16. The average molecular weight is 209 g/mol. The van der Waals surface area contributed by atoms with Crippen LogP contribution in [0.15, 0.2) is 18.2 Å².